The van der Waals surface area contributed by atoms with E-state index in [0.29, 0.717) is 13.0 Å². The number of fused-ring (bicyclic) bond motifs is 3. The molecule has 1 atom stereocenters. The summed E-state index contributed by atoms with van der Waals surface area (Å²) >= 11 is 0. The maximum absolute atomic E-state index is 10.2. The highest BCUT2D eigenvalue weighted by atomic mass is 16.3. The van der Waals surface area contributed by atoms with E-state index in [1.807, 2.05) is 6.07 Å². The number of aliphatic hydroxyl groups excluding tert-OH is 1. The van der Waals surface area contributed by atoms with E-state index in [1.54, 1.807) is 0 Å². The minimum absolute atomic E-state index is 0.0106. The molecule has 3 nitrogen and oxygen atoms in total. The second kappa shape index (κ2) is 6.26. The van der Waals surface area contributed by atoms with Gasteiger partial charge < -0.3 is 10.4 Å². The molecular weight excluding hydrogens is 284 g/mol. The summed E-state index contributed by atoms with van der Waals surface area (Å²) in [4.78, 5) is 4.72. The SMILES string of the molecule is CC(C)(C)NC[C@@H](O)Cc1ccc2c(ccc3ccccc32)n1. The second-order valence-electron chi connectivity index (χ2n) is 7.14. The fraction of sp³-hybridized carbons (Fsp3) is 0.350. The van der Waals surface area contributed by atoms with Gasteiger partial charge in [-0.15, -0.1) is 0 Å². The van der Waals surface area contributed by atoms with Gasteiger partial charge in [0.2, 0.25) is 0 Å². The minimum Gasteiger partial charge on any atom is -0.391 e. The minimum atomic E-state index is -0.431. The van der Waals surface area contributed by atoms with Crippen LogP contribution >= 0.6 is 0 Å². The first-order valence-corrected chi connectivity index (χ1v) is 8.13. The molecule has 0 saturated carbocycles. The van der Waals surface area contributed by atoms with Crippen LogP contribution in [0.25, 0.3) is 21.7 Å². The Balaban J connectivity index is 1.82. The number of rotatable bonds is 4. The van der Waals surface area contributed by atoms with Crippen LogP contribution in [0.15, 0.2) is 48.5 Å². The Morgan fingerprint density at radius 2 is 1.78 bits per heavy atom. The smallest absolute Gasteiger partial charge is 0.0720 e. The van der Waals surface area contributed by atoms with Crippen molar-refractivity contribution in [3.05, 3.63) is 54.2 Å². The van der Waals surface area contributed by atoms with Crippen LogP contribution in [0, 0.1) is 0 Å². The van der Waals surface area contributed by atoms with Gasteiger partial charge in [-0.3, -0.25) is 4.98 Å². The molecule has 3 aromatic rings. The topological polar surface area (TPSA) is 45.1 Å². The predicted octanol–water partition coefficient (Wildman–Crippen LogP) is 3.68. The van der Waals surface area contributed by atoms with Gasteiger partial charge in [0.05, 0.1) is 11.6 Å². The van der Waals surface area contributed by atoms with Gasteiger partial charge >= 0.3 is 0 Å². The van der Waals surface area contributed by atoms with Crippen molar-refractivity contribution >= 4 is 21.7 Å². The van der Waals surface area contributed by atoms with Crippen molar-refractivity contribution in [1.29, 1.82) is 0 Å². The van der Waals surface area contributed by atoms with E-state index in [2.05, 4.69) is 68.6 Å². The van der Waals surface area contributed by atoms with Gasteiger partial charge in [0, 0.05) is 29.6 Å². The summed E-state index contributed by atoms with van der Waals surface area (Å²) in [7, 11) is 0. The van der Waals surface area contributed by atoms with E-state index < -0.39 is 6.10 Å². The summed E-state index contributed by atoms with van der Waals surface area (Å²) < 4.78 is 0. The van der Waals surface area contributed by atoms with E-state index in [-0.39, 0.29) is 5.54 Å². The lowest BCUT2D eigenvalue weighted by atomic mass is 10.0. The van der Waals surface area contributed by atoms with E-state index in [1.165, 1.54) is 10.8 Å². The third-order valence-electron chi connectivity index (χ3n) is 3.97. The molecule has 0 radical (unpaired) electrons. The molecule has 0 bridgehead atoms. The number of aromatic nitrogens is 1. The lowest BCUT2D eigenvalue weighted by molar-refractivity contribution is 0.160. The van der Waals surface area contributed by atoms with Gasteiger partial charge in [-0.25, -0.2) is 0 Å². The number of hydrogen-bond donors (Lipinski definition) is 2. The average Bonchev–Trinajstić information content (AvgIpc) is 2.52. The molecule has 3 heteroatoms. The van der Waals surface area contributed by atoms with Crippen LogP contribution in [0.3, 0.4) is 0 Å². The molecule has 0 aliphatic rings. The zero-order valence-electron chi connectivity index (χ0n) is 14.0. The highest BCUT2D eigenvalue weighted by Gasteiger charge is 2.13. The maximum Gasteiger partial charge on any atom is 0.0720 e. The Morgan fingerprint density at radius 1 is 1.00 bits per heavy atom. The number of benzene rings is 2. The van der Waals surface area contributed by atoms with Crippen molar-refractivity contribution in [2.75, 3.05) is 6.54 Å². The van der Waals surface area contributed by atoms with Crippen molar-refractivity contribution in [3.63, 3.8) is 0 Å². The van der Waals surface area contributed by atoms with Crippen LogP contribution in [-0.2, 0) is 6.42 Å². The molecule has 1 aromatic heterocycles. The lowest BCUT2D eigenvalue weighted by Crippen LogP contribution is -2.41. The number of aliphatic hydroxyl groups is 1. The summed E-state index contributed by atoms with van der Waals surface area (Å²) in [6, 6.07) is 16.6. The van der Waals surface area contributed by atoms with Gasteiger partial charge in [0.1, 0.15) is 0 Å². The van der Waals surface area contributed by atoms with E-state index in [0.717, 1.165) is 16.6 Å². The highest BCUT2D eigenvalue weighted by Crippen LogP contribution is 2.24. The van der Waals surface area contributed by atoms with Crippen LogP contribution in [0.4, 0.5) is 0 Å². The summed E-state index contributed by atoms with van der Waals surface area (Å²) in [6.45, 7) is 6.86. The third-order valence-corrected chi connectivity index (χ3v) is 3.97. The highest BCUT2D eigenvalue weighted by molar-refractivity contribution is 6.05. The third kappa shape index (κ3) is 3.87. The van der Waals surface area contributed by atoms with Crippen LogP contribution < -0.4 is 5.32 Å². The van der Waals surface area contributed by atoms with Crippen molar-refractivity contribution in [2.24, 2.45) is 0 Å². The first kappa shape index (κ1) is 15.9. The molecule has 0 fully saturated rings. The van der Waals surface area contributed by atoms with Crippen molar-refractivity contribution in [2.45, 2.75) is 38.8 Å². The predicted molar refractivity (Wildman–Crippen MR) is 96.7 cm³/mol. The molecule has 0 spiro atoms. The normalized spacial score (nSPS) is 13.6. The molecule has 23 heavy (non-hydrogen) atoms. The second-order valence-corrected chi connectivity index (χ2v) is 7.14. The summed E-state index contributed by atoms with van der Waals surface area (Å²) in [5.41, 5.74) is 1.92. The molecule has 1 heterocycles. The van der Waals surface area contributed by atoms with Crippen LogP contribution in [0.1, 0.15) is 26.5 Å². The Labute approximate surface area is 137 Å². The summed E-state index contributed by atoms with van der Waals surface area (Å²) in [6.07, 6.45) is 0.130. The number of nitrogens with zero attached hydrogens (tertiary/aromatic N) is 1. The Morgan fingerprint density at radius 3 is 2.57 bits per heavy atom. The molecule has 2 N–H and O–H groups in total. The Bertz CT molecular complexity index is 821. The fourth-order valence-electron chi connectivity index (χ4n) is 2.78. The van der Waals surface area contributed by atoms with Crippen LogP contribution in [0.2, 0.25) is 0 Å². The number of nitrogens with one attached hydrogen (secondary N) is 1. The van der Waals surface area contributed by atoms with Gasteiger partial charge in [0.25, 0.3) is 0 Å². The van der Waals surface area contributed by atoms with E-state index in [4.69, 9.17) is 4.98 Å². The molecule has 120 valence electrons. The number of hydrogen-bond acceptors (Lipinski definition) is 3. The van der Waals surface area contributed by atoms with Gasteiger partial charge in [-0.2, -0.15) is 0 Å². The standard InChI is InChI=1S/C20H24N2O/c1-20(2,3)21-13-16(23)12-15-9-10-18-17-7-5-4-6-14(17)8-11-19(18)22-15/h4-11,16,21,23H,12-13H2,1-3H3/t16-/m0/s1. The largest absolute Gasteiger partial charge is 0.391 e. The number of pyridine rings is 1. The summed E-state index contributed by atoms with van der Waals surface area (Å²) in [5.74, 6) is 0. The van der Waals surface area contributed by atoms with Crippen molar-refractivity contribution in [1.82, 2.24) is 10.3 Å². The number of β-amino-alcohol motifs (C(OH)–C–C–N with tert-alkyl or cyclic N) is 1. The lowest BCUT2D eigenvalue weighted by Gasteiger charge is -2.22. The average molecular weight is 308 g/mol. The molecule has 3 rings (SSSR count). The first-order valence-electron chi connectivity index (χ1n) is 8.13. The Kier molecular flexibility index (Phi) is 4.33. The van der Waals surface area contributed by atoms with Crippen LogP contribution in [0.5, 0.6) is 0 Å². The zero-order valence-corrected chi connectivity index (χ0v) is 14.0. The van der Waals surface area contributed by atoms with Gasteiger partial charge in [-0.05, 0) is 43.7 Å². The summed E-state index contributed by atoms with van der Waals surface area (Å²) in [5, 5.41) is 17.1. The maximum atomic E-state index is 10.2. The van der Waals surface area contributed by atoms with Gasteiger partial charge in [0.15, 0.2) is 0 Å². The van der Waals surface area contributed by atoms with Crippen molar-refractivity contribution < 1.29 is 5.11 Å². The first-order chi connectivity index (χ1) is 10.9. The zero-order chi connectivity index (χ0) is 16.4. The molecule has 0 aliphatic carbocycles. The molecule has 0 unspecified atom stereocenters. The van der Waals surface area contributed by atoms with Gasteiger partial charge in [-0.1, -0.05) is 36.4 Å². The quantitative estimate of drug-likeness (QED) is 0.723. The molecule has 0 aliphatic heterocycles. The molecule has 0 saturated heterocycles. The molecule has 2 aromatic carbocycles. The van der Waals surface area contributed by atoms with Crippen molar-refractivity contribution in [3.8, 4) is 0 Å². The van der Waals surface area contributed by atoms with E-state index >= 15 is 0 Å². The van der Waals surface area contributed by atoms with Crippen LogP contribution in [-0.4, -0.2) is 28.3 Å². The monoisotopic (exact) mass is 308 g/mol. The molecule has 0 amide bonds. The molecular formula is C20H24N2O. The fourth-order valence-corrected chi connectivity index (χ4v) is 2.78. The Hall–Kier alpha value is -1.97. The van der Waals surface area contributed by atoms with E-state index in [9.17, 15) is 5.11 Å².